The van der Waals surface area contributed by atoms with Gasteiger partial charge in [-0.3, -0.25) is 9.59 Å². The molecule has 0 saturated heterocycles. The van der Waals surface area contributed by atoms with Gasteiger partial charge in [0.05, 0.1) is 12.1 Å². The van der Waals surface area contributed by atoms with Gasteiger partial charge in [-0.25, -0.2) is 0 Å². The Bertz CT molecular complexity index is 490. The zero-order chi connectivity index (χ0) is 20.9. The van der Waals surface area contributed by atoms with Crippen LogP contribution >= 0.6 is 0 Å². The molecule has 0 saturated carbocycles. The van der Waals surface area contributed by atoms with Crippen molar-refractivity contribution in [3.63, 3.8) is 0 Å². The van der Waals surface area contributed by atoms with Gasteiger partial charge in [0.2, 0.25) is 0 Å². The first kappa shape index (κ1) is 24.3. The molecule has 0 unspecified atom stereocenters. The summed E-state index contributed by atoms with van der Waals surface area (Å²) < 4.78 is 10.6. The zero-order valence-corrected chi connectivity index (χ0v) is 14.3. The molecular formula is C9H11B12O4. The number of carbonyl (C=O) groups excluding carboxylic acids is 3. The summed E-state index contributed by atoms with van der Waals surface area (Å²) in [5.41, 5.74) is -0.539. The van der Waals surface area contributed by atoms with Gasteiger partial charge in [0.25, 0.3) is 0 Å². The van der Waals surface area contributed by atoms with Crippen molar-refractivity contribution in [3.8, 4) is 12.8 Å². The molecule has 0 atom stereocenters. The molecule has 4 nitrogen and oxygen atoms in total. The number of rotatable bonds is 12. The fourth-order valence-electron chi connectivity index (χ4n) is 2.21. The lowest BCUT2D eigenvalue weighted by Gasteiger charge is -2.31. The summed E-state index contributed by atoms with van der Waals surface area (Å²) in [6.45, 7) is -0.258. The minimum Gasteiger partial charge on any atom is -0.366 e. The predicted molar refractivity (Wildman–Crippen MR) is 115 cm³/mol. The van der Waals surface area contributed by atoms with Crippen LogP contribution in [0, 0.1) is 12.8 Å². The molecule has 0 aromatic heterocycles. The fraction of sp³-hybridized carbons (Fsp3) is 0.444. The van der Waals surface area contributed by atoms with Gasteiger partial charge in [0.15, 0.2) is 11.6 Å². The molecule has 107 valence electrons. The number of hydrogen-bond acceptors (Lipinski definition) is 4. The smallest absolute Gasteiger partial charge is 0.164 e. The Balaban J connectivity index is 0. The number of hydrogen-bond donors (Lipinski definition) is 0. The van der Waals surface area contributed by atoms with Crippen LogP contribution in [0.3, 0.4) is 0 Å². The van der Waals surface area contributed by atoms with Crippen molar-refractivity contribution in [1.82, 2.24) is 0 Å². The average molecular weight is 314 g/mol. The van der Waals surface area contributed by atoms with Gasteiger partial charge in [-0.2, -0.15) is 0 Å². The molecule has 0 aliphatic rings. The molecule has 13 radical (unpaired) electrons. The number of ketones is 2. The van der Waals surface area contributed by atoms with Crippen LogP contribution in [-0.4, -0.2) is 116 Å². The van der Waals surface area contributed by atoms with E-state index < -0.39 is 49.9 Å². The Kier molecular flexibility index (Phi) is 14.1. The van der Waals surface area contributed by atoms with E-state index in [4.69, 9.17) is 52.5 Å². The van der Waals surface area contributed by atoms with E-state index in [0.717, 1.165) is 7.06 Å². The van der Waals surface area contributed by atoms with Crippen molar-refractivity contribution >= 4 is 103 Å². The van der Waals surface area contributed by atoms with Crippen LogP contribution in [0.5, 0.6) is 0 Å². The molecule has 0 aromatic rings. The molecule has 0 aromatic carbocycles. The maximum Gasteiger partial charge on any atom is 0.164 e. The van der Waals surface area contributed by atoms with E-state index in [2.05, 4.69) is 6.42 Å². The van der Waals surface area contributed by atoms with E-state index in [0.29, 0.717) is 0 Å². The molecule has 0 aliphatic heterocycles. The van der Waals surface area contributed by atoms with Crippen LogP contribution in [0.2, 0.25) is 0 Å². The maximum atomic E-state index is 12.4. The third kappa shape index (κ3) is 10.8. The van der Waals surface area contributed by atoms with Crippen molar-refractivity contribution in [1.29, 1.82) is 0 Å². The van der Waals surface area contributed by atoms with Crippen LogP contribution in [0.1, 0.15) is 14.7 Å². The van der Waals surface area contributed by atoms with Crippen molar-refractivity contribution < 1.29 is 20.5 Å². The van der Waals surface area contributed by atoms with E-state index in [-0.39, 0.29) is 19.0 Å². The van der Waals surface area contributed by atoms with Crippen LogP contribution < -0.4 is 0 Å². The third-order valence-corrected chi connectivity index (χ3v) is 3.25. The van der Waals surface area contributed by atoms with Gasteiger partial charge >= 0.3 is 0 Å². The van der Waals surface area contributed by atoms with Crippen molar-refractivity contribution in [2.24, 2.45) is 0 Å². The molecule has 0 fully saturated rings. The van der Waals surface area contributed by atoms with E-state index in [1.807, 2.05) is 0 Å². The van der Waals surface area contributed by atoms with Crippen LogP contribution in [0.15, 0.2) is 0 Å². The highest BCUT2D eigenvalue weighted by Crippen LogP contribution is 2.03. The number of terminal acetylenes is 1. The van der Waals surface area contributed by atoms with E-state index in [9.17, 15) is 14.4 Å². The topological polar surface area (TPSA) is 60.4 Å². The molecule has 0 bridgehead atoms. The van der Waals surface area contributed by atoms with Gasteiger partial charge in [0, 0.05) is 79.0 Å². The number of ether oxygens (including phenoxy) is 1. The summed E-state index contributed by atoms with van der Waals surface area (Å²) in [5.74, 6) is -0.745. The molecule has 0 amide bonds. The molecule has 16 heteroatoms. The van der Waals surface area contributed by atoms with E-state index in [1.54, 1.807) is 0 Å². The highest BCUT2D eigenvalue weighted by atomic mass is 16.5. The van der Waals surface area contributed by atoms with Gasteiger partial charge in [-0.15, -0.1) is 12.8 Å². The second kappa shape index (κ2) is 14.5. The SMILES string of the molecule is [2H]C#C.[B][B]B([B])B(B(B([B])[B])B([B])[B])C(=O)CC(=O)COCC(C)=O. The summed E-state index contributed by atoms with van der Waals surface area (Å²) in [5, 5.41) is 0. The second-order valence-electron chi connectivity index (χ2n) is 5.40. The quantitative estimate of drug-likeness (QED) is 0.206. The van der Waals surface area contributed by atoms with Crippen molar-refractivity contribution in [3.05, 3.63) is 0 Å². The van der Waals surface area contributed by atoms with Gasteiger partial charge in [-0.05, 0) is 6.92 Å². The Labute approximate surface area is 162 Å². The molecule has 0 spiro atoms. The summed E-state index contributed by atoms with van der Waals surface area (Å²) in [6.07, 6.45) is 1.49. The summed E-state index contributed by atoms with van der Waals surface area (Å²) in [7, 11) is 34.8. The maximum absolute atomic E-state index is 12.4. The fourth-order valence-corrected chi connectivity index (χ4v) is 2.21. The Morgan fingerprint density at radius 3 is 1.96 bits per heavy atom. The van der Waals surface area contributed by atoms with Crippen LogP contribution in [0.25, 0.3) is 0 Å². The Morgan fingerprint density at radius 1 is 1.12 bits per heavy atom. The average Bonchev–Trinajstić information content (AvgIpc) is 2.51. The minimum atomic E-state index is -1.01. The molecule has 0 rings (SSSR count). The molecule has 25 heavy (non-hydrogen) atoms. The number of Topliss-reactive ketones (excluding diaryl/α,β-unsaturated/α-hetero) is 2. The zero-order valence-electron chi connectivity index (χ0n) is 15.3. The molecule has 0 aliphatic carbocycles. The standard InChI is InChI=1S/C7H9B12O4.C2H2/c1-5(20)3-23-4-6(21)2-7(22)15(18(13)14-8)19(16(9)10)17(11)12;1-2/h2-4H2,1H3;1-2H/i;1D. The highest BCUT2D eigenvalue weighted by Gasteiger charge is 2.40. The largest absolute Gasteiger partial charge is 0.366 e. The third-order valence-electron chi connectivity index (χ3n) is 3.25. The first-order chi connectivity index (χ1) is 12.0. The number of carbonyl (C=O) groups is 3. The lowest BCUT2D eigenvalue weighted by molar-refractivity contribution is -0.129. The first-order valence-electron chi connectivity index (χ1n) is 7.85. The summed E-state index contributed by atoms with van der Waals surface area (Å²) in [6, 6.07) is 0. The van der Waals surface area contributed by atoms with E-state index >= 15 is 0 Å². The van der Waals surface area contributed by atoms with Gasteiger partial charge < -0.3 is 9.53 Å². The normalized spacial score (nSPS) is 9.20. The monoisotopic (exact) mass is 316 g/mol. The summed E-state index contributed by atoms with van der Waals surface area (Å²) >= 11 is 0. The highest BCUT2D eigenvalue weighted by molar-refractivity contribution is 8.05. The van der Waals surface area contributed by atoms with Crippen molar-refractivity contribution in [2.45, 2.75) is 13.3 Å². The first-order valence-corrected chi connectivity index (χ1v) is 7.35. The second-order valence-corrected chi connectivity index (χ2v) is 5.40. The van der Waals surface area contributed by atoms with Crippen LogP contribution in [-0.2, 0) is 19.1 Å². The Hall–Kier alpha value is -0.691. The lowest BCUT2D eigenvalue weighted by Crippen LogP contribution is -2.71. The summed E-state index contributed by atoms with van der Waals surface area (Å²) in [4.78, 5) is 34.9. The molecular weight excluding hydrogens is 302 g/mol. The predicted octanol–water partition coefficient (Wildman–Crippen LogP) is -4.69. The lowest BCUT2D eigenvalue weighted by atomic mass is 8.54. The van der Waals surface area contributed by atoms with Crippen molar-refractivity contribution in [2.75, 3.05) is 13.2 Å². The molecule has 0 heterocycles. The van der Waals surface area contributed by atoms with Crippen LogP contribution in [0.4, 0.5) is 0 Å². The minimum absolute atomic E-state index is 0.205. The van der Waals surface area contributed by atoms with Gasteiger partial charge in [-0.1, -0.05) is 0 Å². The Morgan fingerprint density at radius 2 is 1.60 bits per heavy atom. The van der Waals surface area contributed by atoms with Gasteiger partial charge in [0.1, 0.15) is 21.1 Å². The molecule has 0 N–H and O–H groups in total. The van der Waals surface area contributed by atoms with E-state index in [1.165, 1.54) is 13.3 Å².